The molecule has 1 saturated heterocycles. The molecule has 0 unspecified atom stereocenters. The van der Waals surface area contributed by atoms with E-state index < -0.39 is 0 Å². The second-order valence-corrected chi connectivity index (χ2v) is 7.80. The Hall–Kier alpha value is -2.95. The molecule has 0 radical (unpaired) electrons. The largest absolute Gasteiger partial charge is 0.354 e. The average molecular weight is 389 g/mol. The predicted molar refractivity (Wildman–Crippen MR) is 118 cm³/mol. The Morgan fingerprint density at radius 3 is 2.59 bits per heavy atom. The first kappa shape index (κ1) is 19.4. The fraction of sp³-hybridized carbons (Fsp3) is 0.375. The van der Waals surface area contributed by atoms with E-state index in [0.717, 1.165) is 54.8 Å². The number of nitrogens with zero attached hydrogens (tertiary/aromatic N) is 3. The average Bonchev–Trinajstić information content (AvgIpc) is 3.28. The molecular formula is C24H28N4O. The van der Waals surface area contributed by atoms with Crippen LogP contribution in [0.5, 0.6) is 0 Å². The number of aryl methyl sites for hydroxylation is 2. The first-order valence-corrected chi connectivity index (χ1v) is 10.6. The van der Waals surface area contributed by atoms with Crippen molar-refractivity contribution < 1.29 is 4.79 Å². The Kier molecular flexibility index (Phi) is 5.74. The van der Waals surface area contributed by atoms with Gasteiger partial charge in [0.25, 0.3) is 5.91 Å². The van der Waals surface area contributed by atoms with Crippen molar-refractivity contribution in [3.05, 3.63) is 59.4 Å². The number of hydrogen-bond acceptors (Lipinski definition) is 4. The Balaban J connectivity index is 1.71. The third-order valence-corrected chi connectivity index (χ3v) is 5.53. The van der Waals surface area contributed by atoms with Gasteiger partial charge in [-0.1, -0.05) is 25.5 Å². The molecule has 1 fully saturated rings. The van der Waals surface area contributed by atoms with Gasteiger partial charge in [-0.05, 0) is 62.4 Å². The van der Waals surface area contributed by atoms with Crippen LogP contribution in [0.3, 0.4) is 0 Å². The van der Waals surface area contributed by atoms with Gasteiger partial charge in [0.15, 0.2) is 5.65 Å². The SMILES string of the molecule is CCCCc1ccc(Nc2c(C(=O)N3CCCC3)cnc3nc(C)ccc23)cc1. The van der Waals surface area contributed by atoms with E-state index in [9.17, 15) is 4.79 Å². The number of benzene rings is 1. The zero-order valence-corrected chi connectivity index (χ0v) is 17.2. The number of fused-ring (bicyclic) bond motifs is 1. The minimum absolute atomic E-state index is 0.0412. The lowest BCUT2D eigenvalue weighted by Crippen LogP contribution is -2.28. The third-order valence-electron chi connectivity index (χ3n) is 5.53. The summed E-state index contributed by atoms with van der Waals surface area (Å²) < 4.78 is 0. The first-order valence-electron chi connectivity index (χ1n) is 10.6. The number of amides is 1. The van der Waals surface area contributed by atoms with Gasteiger partial charge in [-0.15, -0.1) is 0 Å². The molecule has 3 aromatic rings. The summed E-state index contributed by atoms with van der Waals surface area (Å²) in [5.41, 5.74) is 5.28. The van der Waals surface area contributed by atoms with Crippen molar-refractivity contribution in [1.29, 1.82) is 0 Å². The molecule has 5 nitrogen and oxygen atoms in total. The molecule has 4 rings (SSSR count). The molecule has 2 aromatic heterocycles. The fourth-order valence-electron chi connectivity index (χ4n) is 3.84. The van der Waals surface area contributed by atoms with Gasteiger partial charge >= 0.3 is 0 Å². The van der Waals surface area contributed by atoms with Gasteiger partial charge < -0.3 is 10.2 Å². The number of nitrogens with one attached hydrogen (secondary N) is 1. The van der Waals surface area contributed by atoms with Gasteiger partial charge in [-0.2, -0.15) is 0 Å². The van der Waals surface area contributed by atoms with E-state index in [4.69, 9.17) is 0 Å². The number of unbranched alkanes of at least 4 members (excludes halogenated alkanes) is 1. The Morgan fingerprint density at radius 1 is 1.10 bits per heavy atom. The highest BCUT2D eigenvalue weighted by Crippen LogP contribution is 2.30. The Morgan fingerprint density at radius 2 is 1.86 bits per heavy atom. The maximum absolute atomic E-state index is 13.2. The van der Waals surface area contributed by atoms with Crippen LogP contribution in [-0.2, 0) is 6.42 Å². The van der Waals surface area contributed by atoms with Crippen LogP contribution in [0.25, 0.3) is 11.0 Å². The molecule has 3 heterocycles. The second kappa shape index (κ2) is 8.60. The lowest BCUT2D eigenvalue weighted by Gasteiger charge is -2.19. The van der Waals surface area contributed by atoms with E-state index in [1.54, 1.807) is 6.20 Å². The zero-order valence-electron chi connectivity index (χ0n) is 17.2. The van der Waals surface area contributed by atoms with Crippen LogP contribution < -0.4 is 5.32 Å². The minimum Gasteiger partial charge on any atom is -0.354 e. The predicted octanol–water partition coefficient (Wildman–Crippen LogP) is 5.26. The standard InChI is InChI=1S/C24H28N4O/c1-3-4-7-18-9-11-19(12-10-18)27-22-20-13-8-17(2)26-23(20)25-16-21(22)24(29)28-14-5-6-15-28/h8-13,16H,3-7,14-15H2,1-2H3,(H,25,26,27). The molecule has 1 amide bonds. The van der Waals surface area contributed by atoms with Crippen LogP contribution in [0.2, 0.25) is 0 Å². The summed E-state index contributed by atoms with van der Waals surface area (Å²) in [5, 5.41) is 4.37. The maximum atomic E-state index is 13.2. The van der Waals surface area contributed by atoms with Crippen molar-refractivity contribution in [2.75, 3.05) is 18.4 Å². The molecule has 0 saturated carbocycles. The summed E-state index contributed by atoms with van der Waals surface area (Å²) in [7, 11) is 0. The Bertz CT molecular complexity index is 1010. The van der Waals surface area contributed by atoms with Crippen molar-refractivity contribution in [3.63, 3.8) is 0 Å². The molecule has 0 spiro atoms. The van der Waals surface area contributed by atoms with Crippen molar-refractivity contribution in [2.24, 2.45) is 0 Å². The molecule has 0 bridgehead atoms. The second-order valence-electron chi connectivity index (χ2n) is 7.80. The van der Waals surface area contributed by atoms with E-state index >= 15 is 0 Å². The number of rotatable bonds is 6. The summed E-state index contributed by atoms with van der Waals surface area (Å²) >= 11 is 0. The summed E-state index contributed by atoms with van der Waals surface area (Å²) in [6, 6.07) is 12.5. The molecular weight excluding hydrogens is 360 g/mol. The fourth-order valence-corrected chi connectivity index (χ4v) is 3.84. The van der Waals surface area contributed by atoms with Gasteiger partial charge in [0.2, 0.25) is 0 Å². The Labute approximate surface area is 172 Å². The van der Waals surface area contributed by atoms with Gasteiger partial charge in [0.05, 0.1) is 11.3 Å². The lowest BCUT2D eigenvalue weighted by atomic mass is 10.1. The van der Waals surface area contributed by atoms with Gasteiger partial charge in [-0.25, -0.2) is 9.97 Å². The summed E-state index contributed by atoms with van der Waals surface area (Å²) in [5.74, 6) is 0.0412. The number of aromatic nitrogens is 2. The number of hydrogen-bond donors (Lipinski definition) is 1. The molecule has 1 aliphatic rings. The molecule has 0 atom stereocenters. The monoisotopic (exact) mass is 388 g/mol. The summed E-state index contributed by atoms with van der Waals surface area (Å²) in [6.07, 6.45) is 7.29. The summed E-state index contributed by atoms with van der Waals surface area (Å²) in [6.45, 7) is 5.79. The smallest absolute Gasteiger partial charge is 0.257 e. The quantitative estimate of drug-likeness (QED) is 0.626. The van der Waals surface area contributed by atoms with E-state index in [-0.39, 0.29) is 5.91 Å². The highest BCUT2D eigenvalue weighted by Gasteiger charge is 2.24. The van der Waals surface area contributed by atoms with Crippen LogP contribution in [0.4, 0.5) is 11.4 Å². The molecule has 1 N–H and O–H groups in total. The number of carbonyl (C=O) groups is 1. The van der Waals surface area contributed by atoms with E-state index in [2.05, 4.69) is 46.5 Å². The number of likely N-dealkylation sites (tertiary alicyclic amines) is 1. The zero-order chi connectivity index (χ0) is 20.2. The topological polar surface area (TPSA) is 58.1 Å². The van der Waals surface area contributed by atoms with Crippen molar-refractivity contribution in [1.82, 2.24) is 14.9 Å². The maximum Gasteiger partial charge on any atom is 0.257 e. The molecule has 29 heavy (non-hydrogen) atoms. The van der Waals surface area contributed by atoms with Gasteiger partial charge in [0, 0.05) is 36.1 Å². The van der Waals surface area contributed by atoms with Crippen LogP contribution in [0.1, 0.15) is 54.2 Å². The third kappa shape index (κ3) is 4.24. The first-order chi connectivity index (χ1) is 14.2. The van der Waals surface area contributed by atoms with Crippen molar-refractivity contribution >= 4 is 28.3 Å². The van der Waals surface area contributed by atoms with Gasteiger partial charge in [-0.3, -0.25) is 4.79 Å². The lowest BCUT2D eigenvalue weighted by molar-refractivity contribution is 0.0793. The normalized spacial score (nSPS) is 13.8. The van der Waals surface area contributed by atoms with Crippen LogP contribution in [0, 0.1) is 6.92 Å². The summed E-state index contributed by atoms with van der Waals surface area (Å²) in [4.78, 5) is 24.1. The van der Waals surface area contributed by atoms with Crippen LogP contribution in [-0.4, -0.2) is 33.9 Å². The van der Waals surface area contributed by atoms with E-state index in [1.807, 2.05) is 24.0 Å². The van der Waals surface area contributed by atoms with E-state index in [0.29, 0.717) is 11.2 Å². The number of anilines is 2. The minimum atomic E-state index is 0.0412. The van der Waals surface area contributed by atoms with Crippen LogP contribution >= 0.6 is 0 Å². The number of pyridine rings is 2. The molecule has 1 aromatic carbocycles. The van der Waals surface area contributed by atoms with Crippen molar-refractivity contribution in [3.8, 4) is 0 Å². The molecule has 0 aliphatic carbocycles. The van der Waals surface area contributed by atoms with Gasteiger partial charge in [0.1, 0.15) is 0 Å². The van der Waals surface area contributed by atoms with E-state index in [1.165, 1.54) is 18.4 Å². The highest BCUT2D eigenvalue weighted by atomic mass is 16.2. The molecule has 1 aliphatic heterocycles. The molecule has 150 valence electrons. The highest BCUT2D eigenvalue weighted by molar-refractivity contribution is 6.07. The van der Waals surface area contributed by atoms with Crippen LogP contribution in [0.15, 0.2) is 42.6 Å². The molecule has 5 heteroatoms. The van der Waals surface area contributed by atoms with Crippen molar-refractivity contribution in [2.45, 2.75) is 46.0 Å². The number of carbonyl (C=O) groups excluding carboxylic acids is 1.